The molecule has 1 heterocycles. The molecule has 0 saturated carbocycles. The third-order valence-corrected chi connectivity index (χ3v) is 7.22. The number of rotatable bonds is 10. The monoisotopic (exact) mass is 501 g/mol. The highest BCUT2D eigenvalue weighted by Crippen LogP contribution is 2.29. The van der Waals surface area contributed by atoms with Gasteiger partial charge in [0, 0.05) is 11.4 Å². The first-order chi connectivity index (χ1) is 16.2. The normalized spacial score (nSPS) is 12.0. The molecular weight excluding hydrogens is 478 g/mol. The van der Waals surface area contributed by atoms with Crippen LogP contribution in [-0.2, 0) is 21.4 Å². The Hall–Kier alpha value is -3.74. The Kier molecular flexibility index (Phi) is 7.99. The van der Waals surface area contributed by atoms with E-state index >= 15 is 0 Å². The number of hydrogen-bond acceptors (Lipinski definition) is 6. The second kappa shape index (κ2) is 10.9. The molecule has 3 aromatic rings. The van der Waals surface area contributed by atoms with Crippen LogP contribution in [0.5, 0.6) is 0 Å². The smallest absolute Gasteiger partial charge is 0.323 e. The summed E-state index contributed by atoms with van der Waals surface area (Å²) in [7, 11) is -4.07. The van der Waals surface area contributed by atoms with Crippen molar-refractivity contribution < 1.29 is 23.1 Å². The van der Waals surface area contributed by atoms with Crippen molar-refractivity contribution in [3.05, 3.63) is 77.2 Å². The number of carbonyl (C=O) groups excluding carboxylic acids is 1. The number of hydrogen-bond donors (Lipinski definition) is 5. The van der Waals surface area contributed by atoms with Crippen molar-refractivity contribution in [2.75, 3.05) is 6.54 Å². The van der Waals surface area contributed by atoms with Crippen molar-refractivity contribution >= 4 is 39.2 Å². The molecule has 178 valence electrons. The lowest BCUT2D eigenvalue weighted by molar-refractivity contribution is -0.138. The van der Waals surface area contributed by atoms with Gasteiger partial charge in [-0.1, -0.05) is 36.4 Å². The summed E-state index contributed by atoms with van der Waals surface area (Å²) in [6.07, 6.45) is 0. The van der Waals surface area contributed by atoms with Gasteiger partial charge in [0.15, 0.2) is 5.96 Å². The first kappa shape index (κ1) is 24.9. The molecule has 10 nitrogen and oxygen atoms in total. The number of nitrogens with one attached hydrogen (secondary N) is 2. The predicted octanol–water partition coefficient (Wildman–Crippen LogP) is 1.35. The standard InChI is InChI=1S/C22H23N5O5S2/c23-22(24)26-12-14-5-4-6-15(11-14)18-9-10-19(33-18)20(28)25-13-17(21(29)30)27-34(31,32)16-7-2-1-3-8-16/h1-11,17,27H,12-13H2,(H,25,28)(H,29,30)(H4,23,24,26)/t17-/m0/s1. The van der Waals surface area contributed by atoms with Crippen LogP contribution in [0.1, 0.15) is 15.2 Å². The van der Waals surface area contributed by atoms with Gasteiger partial charge in [-0.15, -0.1) is 11.3 Å². The average Bonchev–Trinajstić information content (AvgIpc) is 3.31. The summed E-state index contributed by atoms with van der Waals surface area (Å²) in [5.41, 5.74) is 12.5. The van der Waals surface area contributed by atoms with Crippen LogP contribution in [-0.4, -0.2) is 43.9 Å². The minimum Gasteiger partial charge on any atom is -0.480 e. The molecule has 0 saturated heterocycles. The van der Waals surface area contributed by atoms with E-state index < -0.39 is 34.5 Å². The Labute approximate surface area is 200 Å². The number of aliphatic imine (C=N–C) groups is 1. The zero-order valence-electron chi connectivity index (χ0n) is 17.8. The highest BCUT2D eigenvalue weighted by atomic mass is 32.2. The Morgan fingerprint density at radius 2 is 1.76 bits per heavy atom. The molecule has 0 aliphatic heterocycles. The molecular formula is C22H23N5O5S2. The van der Waals surface area contributed by atoms with Crippen LogP contribution in [0.25, 0.3) is 10.4 Å². The highest BCUT2D eigenvalue weighted by molar-refractivity contribution is 7.89. The van der Waals surface area contributed by atoms with Crippen molar-refractivity contribution in [1.29, 1.82) is 0 Å². The van der Waals surface area contributed by atoms with Crippen LogP contribution < -0.4 is 21.5 Å². The maximum Gasteiger partial charge on any atom is 0.323 e. The van der Waals surface area contributed by atoms with Gasteiger partial charge in [0.05, 0.1) is 16.3 Å². The summed E-state index contributed by atoms with van der Waals surface area (Å²) < 4.78 is 27.0. The van der Waals surface area contributed by atoms with Gasteiger partial charge in [-0.05, 0) is 41.5 Å². The van der Waals surface area contributed by atoms with Crippen LogP contribution in [0.2, 0.25) is 0 Å². The molecule has 1 aromatic heterocycles. The molecule has 1 amide bonds. The SMILES string of the molecule is NC(N)=NCc1cccc(-c2ccc(C(=O)NC[C@H](NS(=O)(=O)c3ccccc3)C(=O)O)s2)c1. The van der Waals surface area contributed by atoms with Gasteiger partial charge in [0.1, 0.15) is 6.04 Å². The molecule has 0 radical (unpaired) electrons. The zero-order valence-corrected chi connectivity index (χ0v) is 19.5. The molecule has 3 rings (SSSR count). The van der Waals surface area contributed by atoms with E-state index in [1.807, 2.05) is 24.3 Å². The van der Waals surface area contributed by atoms with E-state index in [9.17, 15) is 23.1 Å². The quantitative estimate of drug-likeness (QED) is 0.206. The molecule has 0 unspecified atom stereocenters. The maximum absolute atomic E-state index is 12.6. The number of carbonyl (C=O) groups is 2. The van der Waals surface area contributed by atoms with E-state index in [1.165, 1.54) is 35.6 Å². The van der Waals surface area contributed by atoms with Gasteiger partial charge >= 0.3 is 5.97 Å². The first-order valence-corrected chi connectivity index (χ1v) is 12.3. The van der Waals surface area contributed by atoms with Gasteiger partial charge in [0.2, 0.25) is 10.0 Å². The van der Waals surface area contributed by atoms with Gasteiger partial charge in [-0.25, -0.2) is 13.4 Å². The summed E-state index contributed by atoms with van der Waals surface area (Å²) in [4.78, 5) is 29.2. The topological polar surface area (TPSA) is 177 Å². The molecule has 7 N–H and O–H groups in total. The Bertz CT molecular complexity index is 1300. The van der Waals surface area contributed by atoms with E-state index in [0.717, 1.165) is 16.0 Å². The lowest BCUT2D eigenvalue weighted by Crippen LogP contribution is -2.48. The molecule has 0 bridgehead atoms. The Balaban J connectivity index is 1.66. The van der Waals surface area contributed by atoms with Crippen LogP contribution in [0.4, 0.5) is 0 Å². The van der Waals surface area contributed by atoms with E-state index in [-0.39, 0.29) is 10.9 Å². The third kappa shape index (κ3) is 6.63. The Morgan fingerprint density at radius 1 is 1.03 bits per heavy atom. The number of amides is 1. The fraction of sp³-hybridized carbons (Fsp3) is 0.136. The average molecular weight is 502 g/mol. The van der Waals surface area contributed by atoms with Crippen molar-refractivity contribution in [2.24, 2.45) is 16.5 Å². The molecule has 2 aromatic carbocycles. The van der Waals surface area contributed by atoms with E-state index in [2.05, 4.69) is 15.0 Å². The van der Waals surface area contributed by atoms with Crippen molar-refractivity contribution in [3.8, 4) is 10.4 Å². The van der Waals surface area contributed by atoms with Gasteiger partial charge < -0.3 is 21.9 Å². The largest absolute Gasteiger partial charge is 0.480 e. The number of nitrogens with zero attached hydrogens (tertiary/aromatic N) is 1. The van der Waals surface area contributed by atoms with E-state index in [4.69, 9.17) is 11.5 Å². The molecule has 12 heteroatoms. The second-order valence-electron chi connectivity index (χ2n) is 7.14. The summed E-state index contributed by atoms with van der Waals surface area (Å²) in [6, 6.07) is 16.7. The van der Waals surface area contributed by atoms with Crippen molar-refractivity contribution in [1.82, 2.24) is 10.0 Å². The van der Waals surface area contributed by atoms with E-state index in [0.29, 0.717) is 11.4 Å². The maximum atomic E-state index is 12.6. The Morgan fingerprint density at radius 3 is 2.44 bits per heavy atom. The summed E-state index contributed by atoms with van der Waals surface area (Å²) in [5.74, 6) is -1.94. The van der Waals surface area contributed by atoms with Crippen LogP contribution >= 0.6 is 11.3 Å². The van der Waals surface area contributed by atoms with E-state index in [1.54, 1.807) is 18.2 Å². The molecule has 0 aliphatic carbocycles. The molecule has 34 heavy (non-hydrogen) atoms. The molecule has 0 fully saturated rings. The van der Waals surface area contributed by atoms with Gasteiger partial charge in [-0.2, -0.15) is 4.72 Å². The number of carboxylic acid groups (broad SMARTS) is 1. The zero-order chi connectivity index (χ0) is 24.7. The minimum absolute atomic E-state index is 0.00814. The van der Waals surface area contributed by atoms with Gasteiger partial charge in [-0.3, -0.25) is 9.59 Å². The minimum atomic E-state index is -4.07. The van der Waals surface area contributed by atoms with Crippen LogP contribution in [0.3, 0.4) is 0 Å². The number of aliphatic carboxylic acids is 1. The predicted molar refractivity (Wildman–Crippen MR) is 130 cm³/mol. The number of thiophene rings is 1. The number of sulfonamides is 1. The molecule has 0 aliphatic rings. The lowest BCUT2D eigenvalue weighted by atomic mass is 10.1. The fourth-order valence-electron chi connectivity index (χ4n) is 2.94. The van der Waals surface area contributed by atoms with Gasteiger partial charge in [0.25, 0.3) is 5.91 Å². The number of carboxylic acids is 1. The summed E-state index contributed by atoms with van der Waals surface area (Å²) >= 11 is 1.21. The summed E-state index contributed by atoms with van der Waals surface area (Å²) in [6.45, 7) is -0.105. The second-order valence-corrected chi connectivity index (χ2v) is 9.94. The number of benzene rings is 2. The van der Waals surface area contributed by atoms with Crippen LogP contribution in [0.15, 0.2) is 76.6 Å². The fourth-order valence-corrected chi connectivity index (χ4v) is 5.07. The van der Waals surface area contributed by atoms with Crippen LogP contribution in [0, 0.1) is 0 Å². The third-order valence-electron chi connectivity index (χ3n) is 4.60. The number of guanidine groups is 1. The summed E-state index contributed by atoms with van der Waals surface area (Å²) in [5, 5.41) is 11.9. The highest BCUT2D eigenvalue weighted by Gasteiger charge is 2.26. The number of nitrogens with two attached hydrogens (primary N) is 2. The lowest BCUT2D eigenvalue weighted by Gasteiger charge is -2.15. The molecule has 1 atom stereocenters. The first-order valence-electron chi connectivity index (χ1n) is 9.98. The van der Waals surface area contributed by atoms with Crippen molar-refractivity contribution in [3.63, 3.8) is 0 Å². The molecule has 0 spiro atoms. The van der Waals surface area contributed by atoms with Crippen molar-refractivity contribution in [2.45, 2.75) is 17.5 Å².